The zero-order valence-corrected chi connectivity index (χ0v) is 13.7. The molecule has 0 bridgehead atoms. The minimum atomic E-state index is -1.18. The predicted molar refractivity (Wildman–Crippen MR) is 94.8 cm³/mol. The number of benzene rings is 2. The molecule has 0 saturated carbocycles. The standard InChI is InChI=1S/C20H17NOS/c1-15-9-11-18(12-10-15)23(22)19-14-17-8-5-13-21(17)20(19)16-6-3-2-4-7-16/h2-12,14H,13H2,1H3. The van der Waals surface area contributed by atoms with Crippen LogP contribution in [0.5, 0.6) is 0 Å². The lowest BCUT2D eigenvalue weighted by molar-refractivity contribution is 0.683. The molecule has 23 heavy (non-hydrogen) atoms. The summed E-state index contributed by atoms with van der Waals surface area (Å²) in [6, 6.07) is 20.2. The average molecular weight is 319 g/mol. The van der Waals surface area contributed by atoms with Crippen LogP contribution in [0.3, 0.4) is 0 Å². The van der Waals surface area contributed by atoms with Gasteiger partial charge in [-0.1, -0.05) is 54.1 Å². The first-order chi connectivity index (χ1) is 11.2. The van der Waals surface area contributed by atoms with E-state index in [4.69, 9.17) is 0 Å². The van der Waals surface area contributed by atoms with Crippen molar-refractivity contribution >= 4 is 16.9 Å². The zero-order chi connectivity index (χ0) is 15.8. The van der Waals surface area contributed by atoms with Gasteiger partial charge in [0.1, 0.15) is 0 Å². The quantitative estimate of drug-likeness (QED) is 0.688. The molecule has 2 nitrogen and oxygen atoms in total. The summed E-state index contributed by atoms with van der Waals surface area (Å²) in [5, 5.41) is 0. The SMILES string of the molecule is Cc1ccc(S(=O)c2cc3n(c2-c2ccccc2)CC=C3)cc1. The molecule has 0 aliphatic carbocycles. The molecule has 0 amide bonds. The molecule has 2 heterocycles. The Morgan fingerprint density at radius 1 is 1.00 bits per heavy atom. The van der Waals surface area contributed by atoms with Crippen LogP contribution in [-0.2, 0) is 17.3 Å². The van der Waals surface area contributed by atoms with Crippen molar-refractivity contribution in [2.24, 2.45) is 0 Å². The van der Waals surface area contributed by atoms with Crippen molar-refractivity contribution in [3.63, 3.8) is 0 Å². The van der Waals surface area contributed by atoms with E-state index < -0.39 is 10.8 Å². The molecular weight excluding hydrogens is 302 g/mol. The van der Waals surface area contributed by atoms with E-state index in [9.17, 15) is 4.21 Å². The maximum absolute atomic E-state index is 13.1. The Morgan fingerprint density at radius 3 is 2.48 bits per heavy atom. The third-order valence-electron chi connectivity index (χ3n) is 4.15. The van der Waals surface area contributed by atoms with Crippen LogP contribution < -0.4 is 0 Å². The van der Waals surface area contributed by atoms with Crippen LogP contribution in [0.15, 0.2) is 76.5 Å². The molecule has 114 valence electrons. The zero-order valence-electron chi connectivity index (χ0n) is 12.9. The number of rotatable bonds is 3. The first-order valence-electron chi connectivity index (χ1n) is 7.68. The molecule has 0 fully saturated rings. The van der Waals surface area contributed by atoms with Crippen LogP contribution in [0.1, 0.15) is 11.3 Å². The van der Waals surface area contributed by atoms with E-state index in [0.29, 0.717) is 0 Å². The summed E-state index contributed by atoms with van der Waals surface area (Å²) in [4.78, 5) is 1.74. The Labute approximate surface area is 138 Å². The van der Waals surface area contributed by atoms with Crippen molar-refractivity contribution in [2.75, 3.05) is 0 Å². The van der Waals surface area contributed by atoms with Gasteiger partial charge in [-0.2, -0.15) is 0 Å². The minimum Gasteiger partial charge on any atom is -0.336 e. The average Bonchev–Trinajstić information content (AvgIpc) is 3.16. The van der Waals surface area contributed by atoms with Crippen LogP contribution in [0, 0.1) is 6.92 Å². The maximum Gasteiger partial charge on any atom is 0.0871 e. The highest BCUT2D eigenvalue weighted by Gasteiger charge is 2.22. The summed E-state index contributed by atoms with van der Waals surface area (Å²) >= 11 is 0. The highest BCUT2D eigenvalue weighted by molar-refractivity contribution is 7.85. The smallest absolute Gasteiger partial charge is 0.0871 e. The molecule has 1 aliphatic rings. The van der Waals surface area contributed by atoms with Gasteiger partial charge in [0.15, 0.2) is 0 Å². The molecule has 0 saturated heterocycles. The maximum atomic E-state index is 13.1. The van der Waals surface area contributed by atoms with Crippen molar-refractivity contribution in [1.29, 1.82) is 0 Å². The van der Waals surface area contributed by atoms with Gasteiger partial charge < -0.3 is 4.57 Å². The normalized spacial score (nSPS) is 14.0. The monoisotopic (exact) mass is 319 g/mol. The number of nitrogens with zero attached hydrogens (tertiary/aromatic N) is 1. The Hall–Kier alpha value is -2.39. The molecule has 1 atom stereocenters. The molecule has 1 aliphatic heterocycles. The van der Waals surface area contributed by atoms with Crippen molar-refractivity contribution in [2.45, 2.75) is 23.3 Å². The molecule has 0 spiro atoms. The Bertz CT molecular complexity index is 905. The van der Waals surface area contributed by atoms with Gasteiger partial charge in [-0.3, -0.25) is 0 Å². The third-order valence-corrected chi connectivity index (χ3v) is 5.56. The Balaban J connectivity index is 1.87. The molecule has 1 unspecified atom stereocenters. The predicted octanol–water partition coefficient (Wildman–Crippen LogP) is 4.66. The highest BCUT2D eigenvalue weighted by atomic mass is 32.2. The number of aryl methyl sites for hydroxylation is 1. The lowest BCUT2D eigenvalue weighted by atomic mass is 10.1. The Kier molecular flexibility index (Phi) is 3.50. The highest BCUT2D eigenvalue weighted by Crippen LogP contribution is 2.34. The van der Waals surface area contributed by atoms with Gasteiger partial charge in [0.2, 0.25) is 0 Å². The van der Waals surface area contributed by atoms with Crippen LogP contribution in [0.25, 0.3) is 17.3 Å². The van der Waals surface area contributed by atoms with Crippen LogP contribution in [0.2, 0.25) is 0 Å². The van der Waals surface area contributed by atoms with Crippen LogP contribution >= 0.6 is 0 Å². The first-order valence-corrected chi connectivity index (χ1v) is 8.83. The number of hydrogen-bond acceptors (Lipinski definition) is 1. The van der Waals surface area contributed by atoms with Gasteiger partial charge in [0, 0.05) is 17.1 Å². The van der Waals surface area contributed by atoms with E-state index in [2.05, 4.69) is 34.9 Å². The summed E-state index contributed by atoms with van der Waals surface area (Å²) in [6.07, 6.45) is 4.24. The molecule has 0 N–H and O–H groups in total. The minimum absolute atomic E-state index is 0.838. The summed E-state index contributed by atoms with van der Waals surface area (Å²) in [5.41, 5.74) is 4.47. The topological polar surface area (TPSA) is 22.0 Å². The molecule has 2 aromatic carbocycles. The van der Waals surface area contributed by atoms with Gasteiger partial charge in [-0.05, 0) is 36.8 Å². The van der Waals surface area contributed by atoms with Gasteiger partial charge in [-0.25, -0.2) is 4.21 Å². The molecule has 1 aromatic heterocycles. The van der Waals surface area contributed by atoms with E-state index in [-0.39, 0.29) is 0 Å². The summed E-state index contributed by atoms with van der Waals surface area (Å²) in [5.74, 6) is 0. The molecule has 3 aromatic rings. The van der Waals surface area contributed by atoms with Crippen molar-refractivity contribution < 1.29 is 4.21 Å². The third kappa shape index (κ3) is 2.47. The van der Waals surface area contributed by atoms with E-state index in [1.807, 2.05) is 49.4 Å². The van der Waals surface area contributed by atoms with E-state index in [0.717, 1.165) is 33.3 Å². The fraction of sp³-hybridized carbons (Fsp3) is 0.100. The van der Waals surface area contributed by atoms with Gasteiger partial charge in [0.05, 0.1) is 21.4 Å². The number of fused-ring (bicyclic) bond motifs is 1. The lowest BCUT2D eigenvalue weighted by Crippen LogP contribution is -2.00. The summed E-state index contributed by atoms with van der Waals surface area (Å²) < 4.78 is 15.4. The number of aromatic nitrogens is 1. The van der Waals surface area contributed by atoms with Gasteiger partial charge in [-0.15, -0.1) is 0 Å². The van der Waals surface area contributed by atoms with Crippen molar-refractivity contribution in [1.82, 2.24) is 4.57 Å². The van der Waals surface area contributed by atoms with Gasteiger partial charge >= 0.3 is 0 Å². The summed E-state index contributed by atoms with van der Waals surface area (Å²) in [7, 11) is -1.18. The second-order valence-electron chi connectivity index (χ2n) is 5.74. The largest absolute Gasteiger partial charge is 0.336 e. The van der Waals surface area contributed by atoms with E-state index in [1.165, 1.54) is 5.56 Å². The second-order valence-corrected chi connectivity index (χ2v) is 7.19. The van der Waals surface area contributed by atoms with Gasteiger partial charge in [0.25, 0.3) is 0 Å². The number of allylic oxidation sites excluding steroid dienone is 1. The Morgan fingerprint density at radius 2 is 1.74 bits per heavy atom. The second kappa shape index (κ2) is 5.67. The van der Waals surface area contributed by atoms with E-state index in [1.54, 1.807) is 0 Å². The lowest BCUT2D eigenvalue weighted by Gasteiger charge is -2.10. The van der Waals surface area contributed by atoms with Crippen LogP contribution in [-0.4, -0.2) is 8.78 Å². The van der Waals surface area contributed by atoms with Crippen molar-refractivity contribution in [3.05, 3.63) is 78.0 Å². The van der Waals surface area contributed by atoms with Crippen molar-refractivity contribution in [3.8, 4) is 11.3 Å². The molecule has 3 heteroatoms. The summed E-state index contributed by atoms with van der Waals surface area (Å²) in [6.45, 7) is 2.88. The van der Waals surface area contributed by atoms with Crippen LogP contribution in [0.4, 0.5) is 0 Å². The van der Waals surface area contributed by atoms with E-state index >= 15 is 0 Å². The fourth-order valence-electron chi connectivity index (χ4n) is 2.98. The molecule has 4 rings (SSSR count). The fourth-order valence-corrected chi connectivity index (χ4v) is 4.25. The molecule has 0 radical (unpaired) electrons. The number of hydrogen-bond donors (Lipinski definition) is 0. The first kappa shape index (κ1) is 14.2. The molecular formula is C20H17NOS.